The summed E-state index contributed by atoms with van der Waals surface area (Å²) in [7, 11) is 0. The van der Waals surface area contributed by atoms with Crippen LogP contribution in [-0.4, -0.2) is 13.2 Å². The van der Waals surface area contributed by atoms with Gasteiger partial charge in [0, 0.05) is 19.3 Å². The molecule has 1 aromatic rings. The van der Waals surface area contributed by atoms with Crippen LogP contribution >= 0.6 is 0 Å². The van der Waals surface area contributed by atoms with Gasteiger partial charge in [0.25, 0.3) is 0 Å². The maximum Gasteiger partial charge on any atom is 0.0484 e. The van der Waals surface area contributed by atoms with Crippen molar-refractivity contribution in [1.29, 1.82) is 0 Å². The van der Waals surface area contributed by atoms with Crippen LogP contribution in [0.3, 0.4) is 0 Å². The normalized spacial score (nSPS) is 12.7. The lowest BCUT2D eigenvalue weighted by Crippen LogP contribution is -2.13. The van der Waals surface area contributed by atoms with Crippen molar-refractivity contribution in [2.75, 3.05) is 13.2 Å². The summed E-state index contributed by atoms with van der Waals surface area (Å²) in [6.45, 7) is 3.70. The summed E-state index contributed by atoms with van der Waals surface area (Å²) in [4.78, 5) is 0. The molecule has 0 saturated heterocycles. The number of rotatable bonds is 6. The third-order valence-electron chi connectivity index (χ3n) is 2.15. The van der Waals surface area contributed by atoms with Gasteiger partial charge in [-0.3, -0.25) is 0 Å². The zero-order chi connectivity index (χ0) is 10.2. The fourth-order valence-electron chi connectivity index (χ4n) is 1.32. The second kappa shape index (κ2) is 6.57. The minimum absolute atomic E-state index is 0.105. The zero-order valence-electron chi connectivity index (χ0n) is 8.78. The number of benzene rings is 1. The van der Waals surface area contributed by atoms with Crippen molar-refractivity contribution in [3.05, 3.63) is 35.9 Å². The van der Waals surface area contributed by atoms with E-state index in [4.69, 9.17) is 10.5 Å². The molecule has 14 heavy (non-hydrogen) atoms. The van der Waals surface area contributed by atoms with Crippen molar-refractivity contribution < 1.29 is 4.74 Å². The molecule has 78 valence electrons. The first-order valence-corrected chi connectivity index (χ1v) is 5.23. The first-order chi connectivity index (χ1) is 6.84. The molecule has 1 unspecified atom stereocenters. The largest absolute Gasteiger partial charge is 0.381 e. The van der Waals surface area contributed by atoms with Gasteiger partial charge in [-0.2, -0.15) is 0 Å². The molecule has 0 aliphatic heterocycles. The molecule has 1 rings (SSSR count). The number of hydrogen-bond donors (Lipinski definition) is 1. The summed E-state index contributed by atoms with van der Waals surface area (Å²) in [5.74, 6) is 0. The van der Waals surface area contributed by atoms with E-state index in [1.165, 1.54) is 5.56 Å². The summed E-state index contributed by atoms with van der Waals surface area (Å²) < 4.78 is 5.39. The Morgan fingerprint density at radius 1 is 1.21 bits per heavy atom. The van der Waals surface area contributed by atoms with Crippen LogP contribution in [-0.2, 0) is 4.74 Å². The van der Waals surface area contributed by atoms with Crippen LogP contribution in [0.25, 0.3) is 0 Å². The standard InChI is InChI=1S/C12H19NO/c1-2-9-14-10-8-12(13)11-6-4-3-5-7-11/h3-7,12H,2,8-10,13H2,1H3. The Bertz CT molecular complexity index is 235. The molecule has 0 aliphatic rings. The quantitative estimate of drug-likeness (QED) is 0.704. The summed E-state index contributed by atoms with van der Waals surface area (Å²) in [6.07, 6.45) is 1.96. The predicted octanol–water partition coefficient (Wildman–Crippen LogP) is 2.50. The van der Waals surface area contributed by atoms with Gasteiger partial charge in [0.15, 0.2) is 0 Å². The van der Waals surface area contributed by atoms with Crippen LogP contribution in [0, 0.1) is 0 Å². The molecule has 0 heterocycles. The van der Waals surface area contributed by atoms with Crippen molar-refractivity contribution in [2.24, 2.45) is 5.73 Å². The van der Waals surface area contributed by atoms with Gasteiger partial charge in [0.1, 0.15) is 0 Å². The van der Waals surface area contributed by atoms with Crippen molar-refractivity contribution >= 4 is 0 Å². The van der Waals surface area contributed by atoms with E-state index in [2.05, 4.69) is 19.1 Å². The van der Waals surface area contributed by atoms with E-state index in [1.807, 2.05) is 18.2 Å². The highest BCUT2D eigenvalue weighted by molar-refractivity contribution is 5.18. The lowest BCUT2D eigenvalue weighted by atomic mass is 10.1. The second-order valence-corrected chi connectivity index (χ2v) is 3.42. The Hall–Kier alpha value is -0.860. The van der Waals surface area contributed by atoms with E-state index in [9.17, 15) is 0 Å². The molecule has 0 saturated carbocycles. The van der Waals surface area contributed by atoms with E-state index >= 15 is 0 Å². The van der Waals surface area contributed by atoms with Gasteiger partial charge < -0.3 is 10.5 Å². The first kappa shape index (κ1) is 11.2. The summed E-state index contributed by atoms with van der Waals surface area (Å²) >= 11 is 0. The van der Waals surface area contributed by atoms with Crippen LogP contribution < -0.4 is 5.73 Å². The van der Waals surface area contributed by atoms with Crippen LogP contribution in [0.1, 0.15) is 31.4 Å². The van der Waals surface area contributed by atoms with Gasteiger partial charge in [-0.05, 0) is 18.4 Å². The SMILES string of the molecule is CCCOCCC(N)c1ccccc1. The topological polar surface area (TPSA) is 35.2 Å². The highest BCUT2D eigenvalue weighted by Gasteiger charge is 2.03. The monoisotopic (exact) mass is 193 g/mol. The Morgan fingerprint density at radius 3 is 2.57 bits per heavy atom. The van der Waals surface area contributed by atoms with Crippen molar-refractivity contribution in [1.82, 2.24) is 0 Å². The van der Waals surface area contributed by atoms with Gasteiger partial charge in [-0.1, -0.05) is 37.3 Å². The van der Waals surface area contributed by atoms with Gasteiger partial charge in [0.05, 0.1) is 0 Å². The molecule has 1 atom stereocenters. The van der Waals surface area contributed by atoms with E-state index in [0.717, 1.165) is 26.1 Å². The third kappa shape index (κ3) is 3.90. The molecule has 0 aliphatic carbocycles. The fraction of sp³-hybridized carbons (Fsp3) is 0.500. The molecule has 1 aromatic carbocycles. The van der Waals surface area contributed by atoms with E-state index in [1.54, 1.807) is 0 Å². The third-order valence-corrected chi connectivity index (χ3v) is 2.15. The smallest absolute Gasteiger partial charge is 0.0484 e. The molecule has 0 aromatic heterocycles. The minimum atomic E-state index is 0.105. The Labute approximate surface area is 86.1 Å². The van der Waals surface area contributed by atoms with Gasteiger partial charge in [-0.15, -0.1) is 0 Å². The van der Waals surface area contributed by atoms with Gasteiger partial charge in [0.2, 0.25) is 0 Å². The van der Waals surface area contributed by atoms with Crippen LogP contribution in [0.2, 0.25) is 0 Å². The van der Waals surface area contributed by atoms with Crippen molar-refractivity contribution in [3.63, 3.8) is 0 Å². The molecule has 0 fully saturated rings. The van der Waals surface area contributed by atoms with Gasteiger partial charge >= 0.3 is 0 Å². The van der Waals surface area contributed by atoms with Crippen LogP contribution in [0.4, 0.5) is 0 Å². The second-order valence-electron chi connectivity index (χ2n) is 3.42. The average molecular weight is 193 g/mol. The van der Waals surface area contributed by atoms with Gasteiger partial charge in [-0.25, -0.2) is 0 Å². The van der Waals surface area contributed by atoms with E-state index in [0.29, 0.717) is 0 Å². The highest BCUT2D eigenvalue weighted by atomic mass is 16.5. The lowest BCUT2D eigenvalue weighted by molar-refractivity contribution is 0.128. The summed E-state index contributed by atoms with van der Waals surface area (Å²) in [6, 6.07) is 10.3. The zero-order valence-corrected chi connectivity index (χ0v) is 8.78. The number of hydrogen-bond acceptors (Lipinski definition) is 2. The van der Waals surface area contributed by atoms with Crippen molar-refractivity contribution in [2.45, 2.75) is 25.8 Å². The van der Waals surface area contributed by atoms with E-state index in [-0.39, 0.29) is 6.04 Å². The molecule has 0 spiro atoms. The number of nitrogens with two attached hydrogens (primary N) is 1. The Kier molecular flexibility index (Phi) is 5.27. The number of ether oxygens (including phenoxy) is 1. The molecule has 2 N–H and O–H groups in total. The maximum atomic E-state index is 6.00. The molecular weight excluding hydrogens is 174 g/mol. The maximum absolute atomic E-state index is 6.00. The minimum Gasteiger partial charge on any atom is -0.381 e. The molecule has 0 radical (unpaired) electrons. The van der Waals surface area contributed by atoms with Crippen molar-refractivity contribution in [3.8, 4) is 0 Å². The van der Waals surface area contributed by atoms with Crippen LogP contribution in [0.15, 0.2) is 30.3 Å². The predicted molar refractivity (Wildman–Crippen MR) is 59.1 cm³/mol. The average Bonchev–Trinajstić information content (AvgIpc) is 2.25. The van der Waals surface area contributed by atoms with Crippen LogP contribution in [0.5, 0.6) is 0 Å². The summed E-state index contributed by atoms with van der Waals surface area (Å²) in [5.41, 5.74) is 7.18. The fourth-order valence-corrected chi connectivity index (χ4v) is 1.32. The summed E-state index contributed by atoms with van der Waals surface area (Å²) in [5, 5.41) is 0. The highest BCUT2D eigenvalue weighted by Crippen LogP contribution is 2.12. The lowest BCUT2D eigenvalue weighted by Gasteiger charge is -2.11. The van der Waals surface area contributed by atoms with E-state index < -0.39 is 0 Å². The molecular formula is C12H19NO. The Balaban J connectivity index is 2.25. The molecule has 0 amide bonds. The molecule has 0 bridgehead atoms. The molecule has 2 nitrogen and oxygen atoms in total. The Morgan fingerprint density at radius 2 is 1.93 bits per heavy atom. The molecule has 2 heteroatoms. The first-order valence-electron chi connectivity index (χ1n) is 5.23.